The molecule has 2 nitrogen and oxygen atoms in total. The molecule has 0 heterocycles. The Morgan fingerprint density at radius 1 is 1.38 bits per heavy atom. The summed E-state index contributed by atoms with van der Waals surface area (Å²) in [5.41, 5.74) is 1.10. The normalized spacial score (nSPS) is 26.9. The lowest BCUT2D eigenvalue weighted by Crippen LogP contribution is -2.37. The lowest BCUT2D eigenvalue weighted by molar-refractivity contribution is 0.144. The van der Waals surface area contributed by atoms with Gasteiger partial charge in [0.05, 0.1) is 6.10 Å². The number of benzene rings is 1. The molecule has 0 bridgehead atoms. The summed E-state index contributed by atoms with van der Waals surface area (Å²) in [6.07, 6.45) is 2.86. The molecule has 1 aliphatic rings. The van der Waals surface area contributed by atoms with Gasteiger partial charge < -0.3 is 10.4 Å². The molecule has 2 N–H and O–H groups in total. The zero-order valence-corrected chi connectivity index (χ0v) is 10.2. The highest BCUT2D eigenvalue weighted by Gasteiger charge is 2.26. The number of aliphatic hydroxyl groups excluding tert-OH is 1. The molecule has 0 spiro atoms. The molecule has 16 heavy (non-hydrogen) atoms. The largest absolute Gasteiger partial charge is 0.392 e. The number of aliphatic hydroxyl groups is 1. The van der Waals surface area contributed by atoms with Gasteiger partial charge in [-0.25, -0.2) is 0 Å². The van der Waals surface area contributed by atoms with Gasteiger partial charge in [0.25, 0.3) is 0 Å². The van der Waals surface area contributed by atoms with E-state index in [-0.39, 0.29) is 18.2 Å². The summed E-state index contributed by atoms with van der Waals surface area (Å²) in [6, 6.07) is 8.26. The highest BCUT2D eigenvalue weighted by molar-refractivity contribution is 6.31. The molecule has 3 heteroatoms. The van der Waals surface area contributed by atoms with E-state index in [2.05, 4.69) is 12.2 Å². The Bertz CT molecular complexity index is 356. The quantitative estimate of drug-likeness (QED) is 0.850. The van der Waals surface area contributed by atoms with E-state index in [1.54, 1.807) is 0 Å². The fraction of sp³-hybridized carbons (Fsp3) is 0.538. The van der Waals surface area contributed by atoms with Gasteiger partial charge in [0.2, 0.25) is 0 Å². The molecule has 88 valence electrons. The van der Waals surface area contributed by atoms with E-state index in [9.17, 15) is 5.11 Å². The molecular formula is C13H18ClNO. The van der Waals surface area contributed by atoms with Crippen molar-refractivity contribution in [3.05, 3.63) is 34.9 Å². The summed E-state index contributed by atoms with van der Waals surface area (Å²) >= 11 is 6.14. The summed E-state index contributed by atoms with van der Waals surface area (Å²) in [6.45, 7) is 2.09. The van der Waals surface area contributed by atoms with Crippen molar-refractivity contribution >= 4 is 11.6 Å². The van der Waals surface area contributed by atoms with Gasteiger partial charge in [-0.2, -0.15) is 0 Å². The first-order chi connectivity index (χ1) is 7.68. The van der Waals surface area contributed by atoms with Crippen LogP contribution in [-0.2, 0) is 0 Å². The summed E-state index contributed by atoms with van der Waals surface area (Å²) in [4.78, 5) is 0. The van der Waals surface area contributed by atoms with Crippen LogP contribution in [0.25, 0.3) is 0 Å². The first-order valence-electron chi connectivity index (χ1n) is 5.87. The molecule has 0 unspecified atom stereocenters. The second-order valence-corrected chi connectivity index (χ2v) is 4.92. The van der Waals surface area contributed by atoms with Crippen LogP contribution < -0.4 is 5.32 Å². The average Bonchev–Trinajstić information content (AvgIpc) is 2.65. The SMILES string of the molecule is C[C@@H](N[C@@H]1CCC[C@H]1O)c1ccccc1Cl. The van der Waals surface area contributed by atoms with Gasteiger partial charge >= 0.3 is 0 Å². The summed E-state index contributed by atoms with van der Waals surface area (Å²) < 4.78 is 0. The van der Waals surface area contributed by atoms with Crippen LogP contribution in [0.4, 0.5) is 0 Å². The smallest absolute Gasteiger partial charge is 0.0693 e. The predicted molar refractivity (Wildman–Crippen MR) is 66.6 cm³/mol. The van der Waals surface area contributed by atoms with E-state index in [0.29, 0.717) is 0 Å². The number of rotatable bonds is 3. The van der Waals surface area contributed by atoms with Gasteiger partial charge in [0.1, 0.15) is 0 Å². The third-order valence-electron chi connectivity index (χ3n) is 3.32. The van der Waals surface area contributed by atoms with Crippen molar-refractivity contribution in [2.24, 2.45) is 0 Å². The molecule has 1 saturated carbocycles. The second-order valence-electron chi connectivity index (χ2n) is 4.51. The van der Waals surface area contributed by atoms with Crippen molar-refractivity contribution in [2.75, 3.05) is 0 Å². The molecule has 0 radical (unpaired) electrons. The van der Waals surface area contributed by atoms with Gasteiger partial charge in [-0.05, 0) is 37.8 Å². The van der Waals surface area contributed by atoms with Gasteiger partial charge in [-0.3, -0.25) is 0 Å². The van der Waals surface area contributed by atoms with Gasteiger partial charge in [-0.15, -0.1) is 0 Å². The molecule has 0 aliphatic heterocycles. The first kappa shape index (κ1) is 11.9. The number of nitrogens with one attached hydrogen (secondary N) is 1. The third-order valence-corrected chi connectivity index (χ3v) is 3.66. The topological polar surface area (TPSA) is 32.3 Å². The molecule has 3 atom stereocenters. The maximum Gasteiger partial charge on any atom is 0.0693 e. The highest BCUT2D eigenvalue weighted by Crippen LogP contribution is 2.26. The molecule has 1 aromatic rings. The standard InChI is InChI=1S/C13H18ClNO/c1-9(10-5-2-3-6-11(10)14)15-12-7-4-8-13(12)16/h2-3,5-6,9,12-13,15-16H,4,7-8H2,1H3/t9-,12-,13-/m1/s1. The Kier molecular flexibility index (Phi) is 3.85. The van der Waals surface area contributed by atoms with Crippen LogP contribution in [0, 0.1) is 0 Å². The van der Waals surface area contributed by atoms with Crippen LogP contribution in [0.1, 0.15) is 37.8 Å². The Hall–Kier alpha value is -0.570. The van der Waals surface area contributed by atoms with Gasteiger partial charge in [0, 0.05) is 17.1 Å². The number of hydrogen-bond acceptors (Lipinski definition) is 2. The fourth-order valence-corrected chi connectivity index (χ4v) is 2.67. The molecule has 1 aromatic carbocycles. The minimum atomic E-state index is -0.204. The Morgan fingerprint density at radius 2 is 2.12 bits per heavy atom. The fourth-order valence-electron chi connectivity index (χ4n) is 2.37. The van der Waals surface area contributed by atoms with E-state index < -0.39 is 0 Å². The molecule has 1 aliphatic carbocycles. The van der Waals surface area contributed by atoms with Crippen molar-refractivity contribution in [1.29, 1.82) is 0 Å². The zero-order chi connectivity index (χ0) is 11.5. The Balaban J connectivity index is 2.03. The van der Waals surface area contributed by atoms with E-state index >= 15 is 0 Å². The van der Waals surface area contributed by atoms with Crippen molar-refractivity contribution in [2.45, 2.75) is 44.4 Å². The monoisotopic (exact) mass is 239 g/mol. The van der Waals surface area contributed by atoms with E-state index in [1.165, 1.54) is 0 Å². The van der Waals surface area contributed by atoms with Crippen molar-refractivity contribution in [3.63, 3.8) is 0 Å². The summed E-state index contributed by atoms with van der Waals surface area (Å²) in [5.74, 6) is 0. The summed E-state index contributed by atoms with van der Waals surface area (Å²) in [7, 11) is 0. The van der Waals surface area contributed by atoms with Crippen molar-refractivity contribution < 1.29 is 5.11 Å². The molecule has 0 aromatic heterocycles. The Labute approximate surface area is 102 Å². The van der Waals surface area contributed by atoms with Gasteiger partial charge in [-0.1, -0.05) is 29.8 Å². The lowest BCUT2D eigenvalue weighted by Gasteiger charge is -2.23. The number of hydrogen-bond donors (Lipinski definition) is 2. The van der Waals surface area contributed by atoms with Crippen LogP contribution in [0.3, 0.4) is 0 Å². The molecular weight excluding hydrogens is 222 g/mol. The predicted octanol–water partition coefficient (Wildman–Crippen LogP) is 2.90. The van der Waals surface area contributed by atoms with Crippen molar-refractivity contribution in [1.82, 2.24) is 5.32 Å². The number of halogens is 1. The third kappa shape index (κ3) is 2.57. The van der Waals surface area contributed by atoms with E-state index in [1.807, 2.05) is 24.3 Å². The molecule has 0 saturated heterocycles. The molecule has 2 rings (SSSR count). The zero-order valence-electron chi connectivity index (χ0n) is 9.49. The maximum atomic E-state index is 9.76. The summed E-state index contributed by atoms with van der Waals surface area (Å²) in [5, 5.41) is 14.0. The van der Waals surface area contributed by atoms with Crippen LogP contribution >= 0.6 is 11.6 Å². The molecule has 0 amide bonds. The molecule has 1 fully saturated rings. The Morgan fingerprint density at radius 3 is 2.75 bits per heavy atom. The van der Waals surface area contributed by atoms with Crippen molar-refractivity contribution in [3.8, 4) is 0 Å². The van der Waals surface area contributed by atoms with E-state index in [0.717, 1.165) is 29.8 Å². The minimum Gasteiger partial charge on any atom is -0.392 e. The van der Waals surface area contributed by atoms with Gasteiger partial charge in [0.15, 0.2) is 0 Å². The van der Waals surface area contributed by atoms with E-state index in [4.69, 9.17) is 11.6 Å². The first-order valence-corrected chi connectivity index (χ1v) is 6.25. The van der Waals surface area contributed by atoms with Crippen LogP contribution in [0.2, 0.25) is 5.02 Å². The lowest BCUT2D eigenvalue weighted by atomic mass is 10.1. The maximum absolute atomic E-state index is 9.76. The second kappa shape index (κ2) is 5.17. The average molecular weight is 240 g/mol. The minimum absolute atomic E-state index is 0.187. The highest BCUT2D eigenvalue weighted by atomic mass is 35.5. The van der Waals surface area contributed by atoms with Crippen LogP contribution in [0.15, 0.2) is 24.3 Å². The van der Waals surface area contributed by atoms with Crippen LogP contribution in [0.5, 0.6) is 0 Å². The van der Waals surface area contributed by atoms with Crippen LogP contribution in [-0.4, -0.2) is 17.3 Å².